The molecule has 10 nitrogen and oxygen atoms in total. The predicted octanol–water partition coefficient (Wildman–Crippen LogP) is 3.35. The molecule has 0 saturated carbocycles. The van der Waals surface area contributed by atoms with Crippen molar-refractivity contribution in [3.63, 3.8) is 0 Å². The third-order valence-corrected chi connectivity index (χ3v) is 5.32. The summed E-state index contributed by atoms with van der Waals surface area (Å²) in [6.07, 6.45) is 2.32. The van der Waals surface area contributed by atoms with Crippen LogP contribution in [0.25, 0.3) is 0 Å². The Kier molecular flexibility index (Phi) is 9.21. The van der Waals surface area contributed by atoms with E-state index >= 15 is 0 Å². The molecule has 2 unspecified atom stereocenters. The summed E-state index contributed by atoms with van der Waals surface area (Å²) in [6.45, 7) is 4.28. The van der Waals surface area contributed by atoms with Crippen LogP contribution in [0.15, 0.2) is 53.7 Å². The van der Waals surface area contributed by atoms with Gasteiger partial charge < -0.3 is 14.9 Å². The molecular formula is C24H31N7O3. The summed E-state index contributed by atoms with van der Waals surface area (Å²) in [5.41, 5.74) is 1.96. The van der Waals surface area contributed by atoms with E-state index < -0.39 is 0 Å². The zero-order valence-electron chi connectivity index (χ0n) is 20.0. The molecule has 0 aliphatic heterocycles. The van der Waals surface area contributed by atoms with E-state index in [1.807, 2.05) is 49.4 Å². The van der Waals surface area contributed by atoms with E-state index in [1.54, 1.807) is 20.2 Å². The first kappa shape index (κ1) is 25.0. The van der Waals surface area contributed by atoms with Gasteiger partial charge in [-0.25, -0.2) is 9.67 Å². The van der Waals surface area contributed by atoms with Gasteiger partial charge in [0.15, 0.2) is 12.3 Å². The smallest absolute Gasteiger partial charge is 0.225 e. The average Bonchev–Trinajstić information content (AvgIpc) is 3.26. The van der Waals surface area contributed by atoms with Gasteiger partial charge in [-0.05, 0) is 48.2 Å². The number of carbonyl (C=O) groups is 1. The number of oxime groups is 1. The number of nitrogens with one attached hydrogen (secondary N) is 1. The highest BCUT2D eigenvalue weighted by Crippen LogP contribution is 2.15. The lowest BCUT2D eigenvalue weighted by Gasteiger charge is -2.15. The lowest BCUT2D eigenvalue weighted by Crippen LogP contribution is -2.16. The number of carbonyl (C=O) groups excluding carboxylic acids is 1. The van der Waals surface area contributed by atoms with Crippen molar-refractivity contribution in [2.75, 3.05) is 12.4 Å². The topological polar surface area (TPSA) is 116 Å². The standard InChI is InChI=1S/C24H31N7O3/c1-17(15-18(2)33-4)13-14-22(32)26-21-12-8-11-20(25-21)16-34-28-23(19-9-6-5-7-10-19)24-27-29-30-31(24)3/h5-12,17-18H,13-16H2,1-4H3,(H,25,26,32). The summed E-state index contributed by atoms with van der Waals surface area (Å²) in [6, 6.07) is 14.9. The van der Waals surface area contributed by atoms with Crippen molar-refractivity contribution in [3.8, 4) is 0 Å². The Bertz CT molecular complexity index is 1080. The Morgan fingerprint density at radius 3 is 2.65 bits per heavy atom. The maximum Gasteiger partial charge on any atom is 0.225 e. The van der Waals surface area contributed by atoms with Crippen molar-refractivity contribution >= 4 is 17.4 Å². The largest absolute Gasteiger partial charge is 0.389 e. The van der Waals surface area contributed by atoms with E-state index in [0.717, 1.165) is 18.4 Å². The SMILES string of the molecule is COC(C)CC(C)CCC(=O)Nc1cccc(CON=C(c2ccccc2)c2nnnn2C)n1. The number of benzene rings is 1. The molecule has 2 heterocycles. The molecule has 0 fully saturated rings. The zero-order valence-corrected chi connectivity index (χ0v) is 20.0. The second-order valence-corrected chi connectivity index (χ2v) is 8.19. The van der Waals surface area contributed by atoms with Gasteiger partial charge in [0.1, 0.15) is 5.82 Å². The highest BCUT2D eigenvalue weighted by molar-refractivity contribution is 6.10. The Balaban J connectivity index is 1.59. The van der Waals surface area contributed by atoms with E-state index in [0.29, 0.717) is 35.4 Å². The van der Waals surface area contributed by atoms with Crippen molar-refractivity contribution in [2.24, 2.45) is 18.1 Å². The summed E-state index contributed by atoms with van der Waals surface area (Å²) in [5, 5.41) is 18.7. The fourth-order valence-corrected chi connectivity index (χ4v) is 3.40. The molecule has 0 aliphatic carbocycles. The molecular weight excluding hydrogens is 434 g/mol. The lowest BCUT2D eigenvalue weighted by atomic mass is 9.99. The van der Waals surface area contributed by atoms with Crippen LogP contribution in [0.3, 0.4) is 0 Å². The molecule has 3 aromatic rings. The molecule has 1 N–H and O–H groups in total. The Morgan fingerprint density at radius 1 is 1.15 bits per heavy atom. The van der Waals surface area contributed by atoms with E-state index in [-0.39, 0.29) is 18.6 Å². The van der Waals surface area contributed by atoms with Gasteiger partial charge in [0.25, 0.3) is 0 Å². The van der Waals surface area contributed by atoms with Gasteiger partial charge in [-0.1, -0.05) is 48.5 Å². The molecule has 180 valence electrons. The molecule has 3 rings (SSSR count). The molecule has 0 spiro atoms. The van der Waals surface area contributed by atoms with Crippen LogP contribution in [0.2, 0.25) is 0 Å². The second-order valence-electron chi connectivity index (χ2n) is 8.19. The number of nitrogens with zero attached hydrogens (tertiary/aromatic N) is 6. The number of tetrazole rings is 1. The molecule has 2 atom stereocenters. The number of aromatic nitrogens is 5. The third-order valence-electron chi connectivity index (χ3n) is 5.32. The van der Waals surface area contributed by atoms with Crippen LogP contribution < -0.4 is 5.32 Å². The molecule has 0 saturated heterocycles. The monoisotopic (exact) mass is 465 g/mol. The van der Waals surface area contributed by atoms with Crippen molar-refractivity contribution in [1.29, 1.82) is 0 Å². The molecule has 0 bridgehead atoms. The Hall–Kier alpha value is -3.66. The first-order valence-corrected chi connectivity index (χ1v) is 11.2. The number of anilines is 1. The number of amides is 1. The average molecular weight is 466 g/mol. The molecule has 10 heteroatoms. The predicted molar refractivity (Wildman–Crippen MR) is 128 cm³/mol. The number of aryl methyl sites for hydroxylation is 1. The molecule has 1 aromatic carbocycles. The van der Waals surface area contributed by atoms with Crippen molar-refractivity contribution in [2.45, 2.75) is 45.8 Å². The Labute approximate surface area is 199 Å². The van der Waals surface area contributed by atoms with Crippen molar-refractivity contribution in [1.82, 2.24) is 25.2 Å². The minimum Gasteiger partial charge on any atom is -0.389 e. The molecule has 2 aromatic heterocycles. The highest BCUT2D eigenvalue weighted by Gasteiger charge is 2.15. The zero-order chi connectivity index (χ0) is 24.3. The van der Waals surface area contributed by atoms with Gasteiger partial charge in [0, 0.05) is 26.1 Å². The number of pyridine rings is 1. The molecule has 34 heavy (non-hydrogen) atoms. The summed E-state index contributed by atoms with van der Waals surface area (Å²) >= 11 is 0. The van der Waals surface area contributed by atoms with E-state index in [2.05, 4.69) is 37.9 Å². The van der Waals surface area contributed by atoms with Crippen molar-refractivity contribution < 1.29 is 14.4 Å². The van der Waals surface area contributed by atoms with Gasteiger partial charge in [-0.3, -0.25) is 4.79 Å². The van der Waals surface area contributed by atoms with E-state index in [4.69, 9.17) is 9.57 Å². The fraction of sp³-hybridized carbons (Fsp3) is 0.417. The summed E-state index contributed by atoms with van der Waals surface area (Å²) in [5.74, 6) is 1.29. The second kappa shape index (κ2) is 12.5. The summed E-state index contributed by atoms with van der Waals surface area (Å²) < 4.78 is 6.82. The van der Waals surface area contributed by atoms with Gasteiger partial charge in [0.2, 0.25) is 11.7 Å². The van der Waals surface area contributed by atoms with Gasteiger partial charge >= 0.3 is 0 Å². The Morgan fingerprint density at radius 2 is 1.94 bits per heavy atom. The fourth-order valence-electron chi connectivity index (χ4n) is 3.40. The lowest BCUT2D eigenvalue weighted by molar-refractivity contribution is -0.116. The highest BCUT2D eigenvalue weighted by atomic mass is 16.6. The van der Waals surface area contributed by atoms with E-state index in [1.165, 1.54) is 4.68 Å². The normalized spacial score (nSPS) is 13.4. The number of hydrogen-bond donors (Lipinski definition) is 1. The maximum atomic E-state index is 12.4. The van der Waals surface area contributed by atoms with Crippen LogP contribution in [-0.4, -0.2) is 50.0 Å². The number of rotatable bonds is 12. The van der Waals surface area contributed by atoms with Crippen LogP contribution >= 0.6 is 0 Å². The third kappa shape index (κ3) is 7.45. The van der Waals surface area contributed by atoms with Gasteiger partial charge in [-0.15, -0.1) is 5.10 Å². The maximum absolute atomic E-state index is 12.4. The first-order chi connectivity index (χ1) is 16.5. The molecule has 0 aliphatic rings. The van der Waals surface area contributed by atoms with Crippen molar-refractivity contribution in [3.05, 3.63) is 65.6 Å². The van der Waals surface area contributed by atoms with E-state index in [9.17, 15) is 4.79 Å². The molecule has 0 radical (unpaired) electrons. The minimum atomic E-state index is -0.0679. The summed E-state index contributed by atoms with van der Waals surface area (Å²) in [4.78, 5) is 22.4. The van der Waals surface area contributed by atoms with Gasteiger partial charge in [-0.2, -0.15) is 0 Å². The number of ether oxygens (including phenoxy) is 1. The number of methoxy groups -OCH3 is 1. The van der Waals surface area contributed by atoms with Gasteiger partial charge in [0.05, 0.1) is 11.8 Å². The number of hydrogen-bond acceptors (Lipinski definition) is 8. The first-order valence-electron chi connectivity index (χ1n) is 11.2. The summed E-state index contributed by atoms with van der Waals surface area (Å²) in [7, 11) is 3.44. The molecule has 1 amide bonds. The van der Waals surface area contributed by atoms with Crippen LogP contribution in [0.1, 0.15) is 50.2 Å². The van der Waals surface area contributed by atoms with Crippen LogP contribution in [0.4, 0.5) is 5.82 Å². The van der Waals surface area contributed by atoms with Crippen LogP contribution in [0, 0.1) is 5.92 Å². The van der Waals surface area contributed by atoms with Crippen LogP contribution in [-0.2, 0) is 28.0 Å². The minimum absolute atomic E-state index is 0.0679. The quantitative estimate of drug-likeness (QED) is 0.322. The van der Waals surface area contributed by atoms with Crippen LogP contribution in [0.5, 0.6) is 0 Å².